The quantitative estimate of drug-likeness (QED) is 0.703. The normalized spacial score (nSPS) is 10.7. The molecule has 5 nitrogen and oxygen atoms in total. The van der Waals surface area contributed by atoms with Gasteiger partial charge in [0.15, 0.2) is 5.65 Å². The van der Waals surface area contributed by atoms with Crippen molar-refractivity contribution in [3.05, 3.63) is 22.6 Å². The lowest BCUT2D eigenvalue weighted by atomic mass is 10.3. The van der Waals surface area contributed by atoms with Crippen LogP contribution in [0.5, 0.6) is 0 Å². The van der Waals surface area contributed by atoms with Gasteiger partial charge in [0, 0.05) is 0 Å². The molecule has 2 aromatic rings. The fourth-order valence-corrected chi connectivity index (χ4v) is 1.45. The molecule has 14 heavy (non-hydrogen) atoms. The number of hydrogen-bond acceptors (Lipinski definition) is 3. The number of H-pyrrole nitrogens is 1. The summed E-state index contributed by atoms with van der Waals surface area (Å²) in [5.74, 6) is -1.24. The number of carboxylic acid groups (broad SMARTS) is 1. The number of aromatic amines is 1. The van der Waals surface area contributed by atoms with E-state index >= 15 is 0 Å². The minimum absolute atomic E-state index is 0.127. The van der Waals surface area contributed by atoms with Crippen molar-refractivity contribution in [2.24, 2.45) is 0 Å². The fraction of sp³-hybridized carbons (Fsp3) is 0.125. The van der Waals surface area contributed by atoms with Crippen molar-refractivity contribution < 1.29 is 9.90 Å². The summed E-state index contributed by atoms with van der Waals surface area (Å²) >= 11 is 5.70. The number of imidazole rings is 1. The standard InChI is InChI=1S/C8H6ClN3O2/c1-3-2-4(9)10-6-5(3)11-7(12-6)8(13)14/h2H,1H3,(H,13,14)(H,10,11,12). The molecule has 0 aromatic carbocycles. The van der Waals surface area contributed by atoms with Gasteiger partial charge in [0.2, 0.25) is 5.82 Å². The van der Waals surface area contributed by atoms with E-state index < -0.39 is 5.97 Å². The number of aromatic nitrogens is 3. The summed E-state index contributed by atoms with van der Waals surface area (Å²) in [7, 11) is 0. The van der Waals surface area contributed by atoms with Crippen LogP contribution in [0.4, 0.5) is 0 Å². The second kappa shape index (κ2) is 2.95. The van der Waals surface area contributed by atoms with Crippen molar-refractivity contribution in [2.45, 2.75) is 6.92 Å². The molecule has 2 N–H and O–H groups in total. The van der Waals surface area contributed by atoms with Crippen LogP contribution in [0.2, 0.25) is 5.15 Å². The molecule has 0 amide bonds. The van der Waals surface area contributed by atoms with Gasteiger partial charge in [0.05, 0.1) is 5.52 Å². The number of halogens is 1. The molecule has 2 heterocycles. The van der Waals surface area contributed by atoms with Gasteiger partial charge in [-0.05, 0) is 18.6 Å². The minimum Gasteiger partial charge on any atom is -0.475 e. The lowest BCUT2D eigenvalue weighted by molar-refractivity contribution is 0.0685. The van der Waals surface area contributed by atoms with E-state index in [2.05, 4.69) is 15.0 Å². The Labute approximate surface area is 83.8 Å². The Bertz CT molecular complexity index is 521. The summed E-state index contributed by atoms with van der Waals surface area (Å²) in [4.78, 5) is 21.0. The summed E-state index contributed by atoms with van der Waals surface area (Å²) < 4.78 is 0. The van der Waals surface area contributed by atoms with Gasteiger partial charge in [0.25, 0.3) is 0 Å². The number of fused-ring (bicyclic) bond motifs is 1. The fourth-order valence-electron chi connectivity index (χ4n) is 1.21. The van der Waals surface area contributed by atoms with Crippen LogP contribution in [0.25, 0.3) is 11.2 Å². The van der Waals surface area contributed by atoms with E-state index in [-0.39, 0.29) is 5.82 Å². The van der Waals surface area contributed by atoms with Crippen molar-refractivity contribution in [3.8, 4) is 0 Å². The van der Waals surface area contributed by atoms with Crippen molar-refractivity contribution >= 4 is 28.7 Å². The smallest absolute Gasteiger partial charge is 0.371 e. The molecule has 0 bridgehead atoms. The number of carboxylic acids is 1. The van der Waals surface area contributed by atoms with E-state index in [1.54, 1.807) is 13.0 Å². The van der Waals surface area contributed by atoms with Crippen molar-refractivity contribution in [2.75, 3.05) is 0 Å². The Morgan fingerprint density at radius 1 is 1.57 bits per heavy atom. The van der Waals surface area contributed by atoms with Gasteiger partial charge in [0.1, 0.15) is 5.15 Å². The molecular weight excluding hydrogens is 206 g/mol. The van der Waals surface area contributed by atoms with Gasteiger partial charge < -0.3 is 10.1 Å². The number of pyridine rings is 1. The third-order valence-corrected chi connectivity index (χ3v) is 2.02. The van der Waals surface area contributed by atoms with E-state index in [4.69, 9.17) is 16.7 Å². The summed E-state index contributed by atoms with van der Waals surface area (Å²) in [6.45, 7) is 1.81. The van der Waals surface area contributed by atoms with E-state index in [9.17, 15) is 4.79 Å². The van der Waals surface area contributed by atoms with Crippen LogP contribution in [-0.2, 0) is 0 Å². The average Bonchev–Trinajstić information content (AvgIpc) is 2.47. The van der Waals surface area contributed by atoms with E-state index in [0.717, 1.165) is 5.56 Å². The number of nitrogens with one attached hydrogen (secondary N) is 1. The Kier molecular flexibility index (Phi) is 1.89. The first kappa shape index (κ1) is 8.96. The van der Waals surface area contributed by atoms with Crippen molar-refractivity contribution in [1.82, 2.24) is 15.0 Å². The van der Waals surface area contributed by atoms with Crippen LogP contribution in [0.1, 0.15) is 16.2 Å². The molecule has 0 aliphatic rings. The molecule has 0 radical (unpaired) electrons. The predicted molar refractivity (Wildman–Crippen MR) is 50.6 cm³/mol. The molecule has 0 saturated carbocycles. The molecule has 0 saturated heterocycles. The van der Waals surface area contributed by atoms with Crippen LogP contribution in [0.15, 0.2) is 6.07 Å². The Morgan fingerprint density at radius 2 is 2.29 bits per heavy atom. The monoisotopic (exact) mass is 211 g/mol. The highest BCUT2D eigenvalue weighted by molar-refractivity contribution is 6.29. The Balaban J connectivity index is 2.76. The van der Waals surface area contributed by atoms with Gasteiger partial charge in [-0.1, -0.05) is 11.6 Å². The Morgan fingerprint density at radius 3 is 2.93 bits per heavy atom. The average molecular weight is 212 g/mol. The first-order chi connectivity index (χ1) is 6.58. The third-order valence-electron chi connectivity index (χ3n) is 1.83. The molecule has 6 heteroatoms. The number of rotatable bonds is 1. The summed E-state index contributed by atoms with van der Waals surface area (Å²) in [5, 5.41) is 9.00. The third kappa shape index (κ3) is 1.31. The number of aromatic carboxylic acids is 1. The zero-order chi connectivity index (χ0) is 10.3. The van der Waals surface area contributed by atoms with E-state index in [0.29, 0.717) is 16.3 Å². The zero-order valence-corrected chi connectivity index (χ0v) is 7.96. The maximum Gasteiger partial charge on any atom is 0.371 e. The van der Waals surface area contributed by atoms with Crippen LogP contribution in [-0.4, -0.2) is 26.0 Å². The molecular formula is C8H6ClN3O2. The highest BCUT2D eigenvalue weighted by atomic mass is 35.5. The zero-order valence-electron chi connectivity index (χ0n) is 7.21. The maximum atomic E-state index is 10.6. The van der Waals surface area contributed by atoms with Gasteiger partial charge in [-0.2, -0.15) is 0 Å². The lowest BCUT2D eigenvalue weighted by Gasteiger charge is -1.93. The largest absolute Gasteiger partial charge is 0.475 e. The van der Waals surface area contributed by atoms with Gasteiger partial charge >= 0.3 is 5.97 Å². The molecule has 0 aliphatic carbocycles. The molecule has 72 valence electrons. The van der Waals surface area contributed by atoms with Crippen LogP contribution >= 0.6 is 11.6 Å². The maximum absolute atomic E-state index is 10.6. The van der Waals surface area contributed by atoms with Crippen LogP contribution in [0, 0.1) is 6.92 Å². The topological polar surface area (TPSA) is 78.9 Å². The van der Waals surface area contributed by atoms with Crippen LogP contribution < -0.4 is 0 Å². The number of carbonyl (C=O) groups is 1. The second-order valence-electron chi connectivity index (χ2n) is 2.85. The van der Waals surface area contributed by atoms with Crippen LogP contribution in [0.3, 0.4) is 0 Å². The highest BCUT2D eigenvalue weighted by Gasteiger charge is 2.12. The minimum atomic E-state index is -1.11. The lowest BCUT2D eigenvalue weighted by Crippen LogP contribution is -1.97. The molecule has 2 rings (SSSR count). The molecule has 2 aromatic heterocycles. The summed E-state index contributed by atoms with van der Waals surface area (Å²) in [6, 6.07) is 1.65. The first-order valence-electron chi connectivity index (χ1n) is 3.84. The Hall–Kier alpha value is -1.62. The second-order valence-corrected chi connectivity index (χ2v) is 3.24. The molecule has 0 aliphatic heterocycles. The predicted octanol–water partition coefficient (Wildman–Crippen LogP) is 1.62. The summed E-state index contributed by atoms with van der Waals surface area (Å²) in [6.07, 6.45) is 0. The molecule has 0 spiro atoms. The van der Waals surface area contributed by atoms with Gasteiger partial charge in [-0.3, -0.25) is 0 Å². The molecule has 0 atom stereocenters. The van der Waals surface area contributed by atoms with Crippen molar-refractivity contribution in [1.29, 1.82) is 0 Å². The van der Waals surface area contributed by atoms with E-state index in [1.165, 1.54) is 0 Å². The van der Waals surface area contributed by atoms with E-state index in [1.807, 2.05) is 0 Å². The van der Waals surface area contributed by atoms with Gasteiger partial charge in [-0.25, -0.2) is 14.8 Å². The number of hydrogen-bond donors (Lipinski definition) is 2. The van der Waals surface area contributed by atoms with Crippen molar-refractivity contribution in [3.63, 3.8) is 0 Å². The number of nitrogens with zero attached hydrogens (tertiary/aromatic N) is 2. The van der Waals surface area contributed by atoms with Gasteiger partial charge in [-0.15, -0.1) is 0 Å². The summed E-state index contributed by atoms with van der Waals surface area (Å²) in [5.41, 5.74) is 1.75. The first-order valence-corrected chi connectivity index (χ1v) is 4.22. The number of aryl methyl sites for hydroxylation is 1. The highest BCUT2D eigenvalue weighted by Crippen LogP contribution is 2.17. The molecule has 0 unspecified atom stereocenters. The SMILES string of the molecule is Cc1cc(Cl)nc2nc(C(=O)O)[nH]c12. The molecule has 0 fully saturated rings.